The number of sulfonamides is 1. The van der Waals surface area contributed by atoms with Gasteiger partial charge in [0.1, 0.15) is 6.10 Å². The molecule has 4 bridgehead atoms. The Morgan fingerprint density at radius 1 is 0.976 bits per heavy atom. The quantitative estimate of drug-likeness (QED) is 0.393. The predicted octanol–water partition coefficient (Wildman–Crippen LogP) is 5.92. The number of nitrogens with one attached hydrogen (secondary N) is 2. The number of hydrogen-bond acceptors (Lipinski definition) is 7. The van der Waals surface area contributed by atoms with Crippen LogP contribution in [0.5, 0.6) is 5.88 Å². The lowest BCUT2D eigenvalue weighted by Crippen LogP contribution is -2.60. The summed E-state index contributed by atoms with van der Waals surface area (Å²) in [6.07, 6.45) is 10.3. The van der Waals surface area contributed by atoms with Gasteiger partial charge in [-0.1, -0.05) is 43.5 Å². The molecule has 1 aromatic heterocycles. The maximum Gasteiger partial charge on any atom is 0.264 e. The first kappa shape index (κ1) is 26.7. The van der Waals surface area contributed by atoms with Crippen LogP contribution >= 0.6 is 0 Å². The number of ether oxygens (including phenoxy) is 1. The minimum absolute atomic E-state index is 0.0142. The van der Waals surface area contributed by atoms with E-state index in [1.54, 1.807) is 18.2 Å². The molecule has 2 atom stereocenters. The number of aromatic nitrogens is 2. The Hall–Kier alpha value is -3.17. The van der Waals surface area contributed by atoms with Gasteiger partial charge >= 0.3 is 0 Å². The van der Waals surface area contributed by atoms with Gasteiger partial charge in [-0.15, -0.1) is 0 Å². The maximum atomic E-state index is 13.4. The molecule has 7 rings (SSSR count). The van der Waals surface area contributed by atoms with Crippen molar-refractivity contribution >= 4 is 21.7 Å². The highest BCUT2D eigenvalue weighted by Crippen LogP contribution is 2.53. The number of fused-ring (bicyclic) bond motifs is 5. The van der Waals surface area contributed by atoms with Gasteiger partial charge in [-0.3, -0.25) is 4.90 Å². The summed E-state index contributed by atoms with van der Waals surface area (Å²) in [4.78, 5) is 12.0. The lowest BCUT2D eigenvalue weighted by atomic mass is 9.58. The fourth-order valence-electron chi connectivity index (χ4n) is 7.65. The topological polar surface area (TPSA) is 96.5 Å². The second-order valence-corrected chi connectivity index (χ2v) is 14.3. The molecule has 1 saturated heterocycles. The largest absolute Gasteiger partial charge is 0.472 e. The number of likely N-dealkylation sites (tertiary alicyclic amines) is 1. The number of aryl methyl sites for hydroxylation is 2. The normalized spacial score (nSPS) is 26.6. The molecule has 2 aliphatic carbocycles. The molecule has 216 valence electrons. The summed E-state index contributed by atoms with van der Waals surface area (Å²) in [5, 5.41) is 3.65. The summed E-state index contributed by atoms with van der Waals surface area (Å²) in [7, 11) is -3.91. The van der Waals surface area contributed by atoms with Crippen molar-refractivity contribution in [1.29, 1.82) is 0 Å². The zero-order valence-corrected chi connectivity index (χ0v) is 24.7. The monoisotopic (exact) mass is 573 g/mol. The van der Waals surface area contributed by atoms with Crippen LogP contribution in [-0.4, -0.2) is 54.6 Å². The van der Waals surface area contributed by atoms with Crippen molar-refractivity contribution < 1.29 is 13.2 Å². The van der Waals surface area contributed by atoms with Crippen molar-refractivity contribution in [2.75, 3.05) is 23.1 Å². The molecule has 2 N–H and O–H groups in total. The highest BCUT2D eigenvalue weighted by Gasteiger charge is 2.48. The number of benzene rings is 2. The zero-order valence-electron chi connectivity index (χ0n) is 23.9. The Morgan fingerprint density at radius 2 is 1.73 bits per heavy atom. The van der Waals surface area contributed by atoms with Gasteiger partial charge in [0, 0.05) is 36.4 Å². The summed E-state index contributed by atoms with van der Waals surface area (Å²) in [5.74, 6) is 0.398. The number of nitrogens with zero attached hydrogens (tertiary/aromatic N) is 3. The Bertz CT molecular complexity index is 1540. The number of hydrogen-bond donors (Lipinski definition) is 2. The lowest BCUT2D eigenvalue weighted by Gasteiger charge is -2.55. The first-order valence-electron chi connectivity index (χ1n) is 15.0. The third kappa shape index (κ3) is 5.18. The summed E-state index contributed by atoms with van der Waals surface area (Å²) in [6.45, 7) is 5.90. The van der Waals surface area contributed by atoms with E-state index in [-0.39, 0.29) is 23.0 Å². The first-order chi connectivity index (χ1) is 19.8. The Morgan fingerprint density at radius 3 is 2.51 bits per heavy atom. The molecule has 2 aliphatic heterocycles. The number of anilines is 2. The summed E-state index contributed by atoms with van der Waals surface area (Å²) in [5.41, 5.74) is 5.06. The molecule has 8 nitrogen and oxygen atoms in total. The zero-order chi connectivity index (χ0) is 28.2. The molecular weight excluding hydrogens is 534 g/mol. The molecule has 41 heavy (non-hydrogen) atoms. The van der Waals surface area contributed by atoms with Crippen molar-refractivity contribution in [2.24, 2.45) is 5.41 Å². The van der Waals surface area contributed by atoms with Crippen LogP contribution in [0.2, 0.25) is 0 Å². The summed E-state index contributed by atoms with van der Waals surface area (Å²) in [6, 6.07) is 15.5. The van der Waals surface area contributed by atoms with Gasteiger partial charge < -0.3 is 10.1 Å². The van der Waals surface area contributed by atoms with Gasteiger partial charge in [0.2, 0.25) is 11.8 Å². The van der Waals surface area contributed by atoms with Crippen LogP contribution in [0.15, 0.2) is 53.4 Å². The maximum absolute atomic E-state index is 13.4. The van der Waals surface area contributed by atoms with E-state index in [0.717, 1.165) is 41.9 Å². The number of piperidine rings is 1. The van der Waals surface area contributed by atoms with Crippen molar-refractivity contribution in [3.05, 3.63) is 59.7 Å². The van der Waals surface area contributed by atoms with E-state index in [1.165, 1.54) is 44.9 Å². The van der Waals surface area contributed by atoms with Gasteiger partial charge in [-0.25, -0.2) is 18.1 Å². The van der Waals surface area contributed by atoms with Gasteiger partial charge in [-0.05, 0) is 80.7 Å². The van der Waals surface area contributed by atoms with E-state index in [9.17, 15) is 8.42 Å². The van der Waals surface area contributed by atoms with Crippen LogP contribution < -0.4 is 14.8 Å². The van der Waals surface area contributed by atoms with Crippen LogP contribution in [0.25, 0.3) is 11.3 Å². The summed E-state index contributed by atoms with van der Waals surface area (Å²) >= 11 is 0. The van der Waals surface area contributed by atoms with Gasteiger partial charge in [0.25, 0.3) is 10.0 Å². The SMILES string of the molecule is Cc1cccc(C)c1-c1cc2nc(n1)NS(=O)(=O)c1cccc(c1)N[C@@H]1CN(C3CC4(CCCCC4)C3)CC[C@H]1O2. The molecule has 9 heteroatoms. The third-order valence-electron chi connectivity index (χ3n) is 9.78. The van der Waals surface area contributed by atoms with E-state index < -0.39 is 10.0 Å². The molecular formula is C32H39N5O3S. The van der Waals surface area contributed by atoms with E-state index >= 15 is 0 Å². The predicted molar refractivity (Wildman–Crippen MR) is 161 cm³/mol. The Labute approximate surface area is 243 Å². The van der Waals surface area contributed by atoms with Crippen LogP contribution in [0.4, 0.5) is 11.6 Å². The van der Waals surface area contributed by atoms with Crippen LogP contribution in [0.1, 0.15) is 62.5 Å². The van der Waals surface area contributed by atoms with Crippen molar-refractivity contribution in [3.8, 4) is 17.1 Å². The average Bonchev–Trinajstić information content (AvgIpc) is 2.92. The lowest BCUT2D eigenvalue weighted by molar-refractivity contribution is -0.0465. The van der Waals surface area contributed by atoms with Gasteiger partial charge in [0.15, 0.2) is 0 Å². The van der Waals surface area contributed by atoms with Gasteiger partial charge in [0.05, 0.1) is 16.6 Å². The minimum Gasteiger partial charge on any atom is -0.472 e. The highest BCUT2D eigenvalue weighted by atomic mass is 32.2. The highest BCUT2D eigenvalue weighted by molar-refractivity contribution is 7.92. The third-order valence-corrected chi connectivity index (χ3v) is 11.1. The molecule has 3 fully saturated rings. The van der Waals surface area contributed by atoms with Crippen molar-refractivity contribution in [1.82, 2.24) is 14.9 Å². The smallest absolute Gasteiger partial charge is 0.264 e. The van der Waals surface area contributed by atoms with Crippen molar-refractivity contribution in [2.45, 2.75) is 88.3 Å². The van der Waals surface area contributed by atoms with Crippen LogP contribution in [0.3, 0.4) is 0 Å². The van der Waals surface area contributed by atoms with E-state index in [1.807, 2.05) is 44.2 Å². The molecule has 1 spiro atoms. The summed E-state index contributed by atoms with van der Waals surface area (Å²) < 4.78 is 36.1. The molecule has 4 aliphatic rings. The molecule has 3 heterocycles. The Balaban J connectivity index is 1.23. The van der Waals surface area contributed by atoms with E-state index in [2.05, 4.69) is 24.9 Å². The van der Waals surface area contributed by atoms with Gasteiger partial charge in [-0.2, -0.15) is 4.98 Å². The fraction of sp³-hybridized carbons (Fsp3) is 0.500. The van der Waals surface area contributed by atoms with Crippen molar-refractivity contribution in [3.63, 3.8) is 0 Å². The fourth-order valence-corrected chi connectivity index (χ4v) is 8.64. The molecule has 0 amide bonds. The first-order valence-corrected chi connectivity index (χ1v) is 16.5. The van der Waals surface area contributed by atoms with E-state index in [4.69, 9.17) is 4.74 Å². The Kier molecular flexibility index (Phi) is 6.70. The minimum atomic E-state index is -3.91. The number of rotatable bonds is 2. The molecule has 0 unspecified atom stereocenters. The van der Waals surface area contributed by atoms with Crippen LogP contribution in [0, 0.1) is 19.3 Å². The molecule has 3 aromatic rings. The standard InChI is InChI=1S/C32H39N5O3S/c1-21-8-6-9-22(2)30(21)26-17-29-35-31(34-26)36-41(38,39)25-11-7-10-23(16-25)33-27-20-37(15-12-28(27)40-29)24-18-32(19-24)13-4-3-5-14-32/h6-11,16-17,24,27-28,33H,3-5,12-15,18-20H2,1-2H3,(H,34,35,36)/t27-,28-/m1/s1. The second kappa shape index (κ2) is 10.3. The van der Waals surface area contributed by atoms with Crippen LogP contribution in [-0.2, 0) is 10.0 Å². The molecule has 0 radical (unpaired) electrons. The second-order valence-electron chi connectivity index (χ2n) is 12.6. The average molecular weight is 574 g/mol. The molecule has 2 aromatic carbocycles. The van der Waals surface area contributed by atoms with E-state index in [0.29, 0.717) is 23.0 Å². The molecule has 2 saturated carbocycles.